The second-order valence-corrected chi connectivity index (χ2v) is 0.346. The maximum atomic E-state index is 7.17. The minimum absolute atomic E-state index is 0. The molecule has 7 heavy (non-hydrogen) atoms. The molecular formula is H6BNa3O3. The standard InChI is InChI=1S/BH3O3.3Na.3H/c2-1(3)4;;;;;;/h2-4H;;;;;;. The van der Waals surface area contributed by atoms with Crippen molar-refractivity contribution in [2.45, 2.75) is 0 Å². The second kappa shape index (κ2) is 16.0. The molecule has 0 aromatic carbocycles. The van der Waals surface area contributed by atoms with Crippen LogP contribution in [0, 0.1) is 0 Å². The van der Waals surface area contributed by atoms with Gasteiger partial charge in [-0.25, -0.2) is 0 Å². The van der Waals surface area contributed by atoms with Gasteiger partial charge in [0, 0.05) is 0 Å². The zero-order valence-corrected chi connectivity index (χ0v) is 1.92. The quantitative estimate of drug-likeness (QED) is 0.296. The molecule has 0 heterocycles. The van der Waals surface area contributed by atoms with Gasteiger partial charge in [-0.05, 0) is 0 Å². The van der Waals surface area contributed by atoms with E-state index < -0.39 is 7.32 Å². The molecular weight excluding hydrogens is 128 g/mol. The summed E-state index contributed by atoms with van der Waals surface area (Å²) in [6.07, 6.45) is 0. The first kappa shape index (κ1) is 22.5. The Bertz CT molecular complexity index is 14.9. The van der Waals surface area contributed by atoms with E-state index >= 15 is 0 Å². The fourth-order valence-electron chi connectivity index (χ4n) is 0. The van der Waals surface area contributed by atoms with E-state index in [2.05, 4.69) is 0 Å². The van der Waals surface area contributed by atoms with E-state index in [-0.39, 0.29) is 88.7 Å². The zero-order chi connectivity index (χ0) is 3.58. The van der Waals surface area contributed by atoms with E-state index in [0.29, 0.717) is 0 Å². The van der Waals surface area contributed by atoms with Crippen molar-refractivity contribution in [3.8, 4) is 0 Å². The molecule has 0 fully saturated rings. The Balaban J connectivity index is -0.0000000150. The van der Waals surface area contributed by atoms with E-state index in [9.17, 15) is 0 Å². The van der Waals surface area contributed by atoms with Crippen molar-refractivity contribution in [3.05, 3.63) is 0 Å². The molecule has 0 aliphatic rings. The second-order valence-electron chi connectivity index (χ2n) is 0.346. The monoisotopic (exact) mass is 134 g/mol. The van der Waals surface area contributed by atoms with Gasteiger partial charge in [0.25, 0.3) is 0 Å². The number of hydrogen-bond donors (Lipinski definition) is 3. The van der Waals surface area contributed by atoms with Crippen LogP contribution in [0.4, 0.5) is 0 Å². The molecule has 0 atom stereocenters. The Kier molecular flexibility index (Phi) is 51.4. The van der Waals surface area contributed by atoms with Crippen LogP contribution in [0.2, 0.25) is 0 Å². The number of rotatable bonds is 0. The van der Waals surface area contributed by atoms with Crippen LogP contribution < -0.4 is 0 Å². The van der Waals surface area contributed by atoms with Gasteiger partial charge in [-0.15, -0.1) is 0 Å². The Morgan fingerprint density at radius 3 is 0.714 bits per heavy atom. The molecule has 0 rings (SSSR count). The summed E-state index contributed by atoms with van der Waals surface area (Å²) in [6, 6.07) is 0. The first-order chi connectivity index (χ1) is 1.73. The predicted octanol–water partition coefficient (Wildman–Crippen LogP) is -4.00. The predicted molar refractivity (Wildman–Crippen MR) is 33.9 cm³/mol. The Morgan fingerprint density at radius 1 is 0.714 bits per heavy atom. The van der Waals surface area contributed by atoms with Crippen molar-refractivity contribution in [3.63, 3.8) is 0 Å². The first-order valence-electron chi connectivity index (χ1n) is 0.775. The average molecular weight is 134 g/mol. The molecule has 7 heteroatoms. The summed E-state index contributed by atoms with van der Waals surface area (Å²) in [6.45, 7) is 0. The van der Waals surface area contributed by atoms with Gasteiger partial charge in [0.1, 0.15) is 0 Å². The Morgan fingerprint density at radius 2 is 0.714 bits per heavy atom. The van der Waals surface area contributed by atoms with Crippen LogP contribution in [0.1, 0.15) is 0 Å². The van der Waals surface area contributed by atoms with E-state index in [1.165, 1.54) is 0 Å². The van der Waals surface area contributed by atoms with Crippen molar-refractivity contribution >= 4 is 96.0 Å². The fraction of sp³-hybridized carbons (Fsp3) is 0. The normalized spacial score (nSPS) is 3.86. The first-order valence-corrected chi connectivity index (χ1v) is 0.775. The Labute approximate surface area is 109 Å². The summed E-state index contributed by atoms with van der Waals surface area (Å²) >= 11 is 0. The van der Waals surface area contributed by atoms with Gasteiger partial charge in [-0.2, -0.15) is 0 Å². The molecule has 0 bridgehead atoms. The summed E-state index contributed by atoms with van der Waals surface area (Å²) in [5, 5.41) is 21.5. The maximum absolute atomic E-state index is 7.17. The van der Waals surface area contributed by atoms with Gasteiger partial charge in [0.05, 0.1) is 0 Å². The van der Waals surface area contributed by atoms with Gasteiger partial charge in [0.15, 0.2) is 0 Å². The average Bonchev–Trinajstić information content (AvgIpc) is 0.811. The number of hydrogen-bond acceptors (Lipinski definition) is 3. The van der Waals surface area contributed by atoms with Crippen LogP contribution in [0.3, 0.4) is 0 Å². The van der Waals surface area contributed by atoms with Crippen LogP contribution in [0.15, 0.2) is 0 Å². The third-order valence-electron chi connectivity index (χ3n) is 0. The van der Waals surface area contributed by atoms with Gasteiger partial charge >= 0.3 is 96.0 Å². The van der Waals surface area contributed by atoms with Crippen molar-refractivity contribution < 1.29 is 15.1 Å². The minimum atomic E-state index is -2.17. The van der Waals surface area contributed by atoms with Crippen LogP contribution in [0.5, 0.6) is 0 Å². The molecule has 0 radical (unpaired) electrons. The van der Waals surface area contributed by atoms with E-state index in [0.717, 1.165) is 0 Å². The summed E-state index contributed by atoms with van der Waals surface area (Å²) in [5.74, 6) is 0. The fourth-order valence-corrected chi connectivity index (χ4v) is 0. The summed E-state index contributed by atoms with van der Waals surface area (Å²) in [5.41, 5.74) is 0. The molecule has 0 aliphatic heterocycles. The van der Waals surface area contributed by atoms with E-state index in [1.54, 1.807) is 0 Å². The topological polar surface area (TPSA) is 60.7 Å². The van der Waals surface area contributed by atoms with Crippen molar-refractivity contribution in [1.82, 2.24) is 0 Å². The molecule has 0 spiro atoms. The van der Waals surface area contributed by atoms with Crippen LogP contribution in [0.25, 0.3) is 0 Å². The third kappa shape index (κ3) is 49.7. The van der Waals surface area contributed by atoms with Gasteiger partial charge in [0.2, 0.25) is 0 Å². The SMILES string of the molecule is OB(O)O.[NaH].[NaH].[NaH]. The molecule has 0 saturated carbocycles. The molecule has 3 nitrogen and oxygen atoms in total. The summed E-state index contributed by atoms with van der Waals surface area (Å²) in [7, 11) is -2.17. The summed E-state index contributed by atoms with van der Waals surface area (Å²) in [4.78, 5) is 0. The van der Waals surface area contributed by atoms with Crippen molar-refractivity contribution in [2.24, 2.45) is 0 Å². The Hall–Kier alpha value is 2.94. The molecule has 0 amide bonds. The molecule has 0 aromatic heterocycles. The van der Waals surface area contributed by atoms with Gasteiger partial charge in [-0.3, -0.25) is 0 Å². The van der Waals surface area contributed by atoms with Crippen LogP contribution in [-0.2, 0) is 0 Å². The van der Waals surface area contributed by atoms with Crippen molar-refractivity contribution in [1.29, 1.82) is 0 Å². The van der Waals surface area contributed by atoms with E-state index in [4.69, 9.17) is 15.1 Å². The van der Waals surface area contributed by atoms with Gasteiger partial charge in [-0.1, -0.05) is 0 Å². The molecule has 0 unspecified atom stereocenters. The van der Waals surface area contributed by atoms with E-state index in [1.807, 2.05) is 0 Å². The zero-order valence-electron chi connectivity index (χ0n) is 1.92. The van der Waals surface area contributed by atoms with Crippen LogP contribution >= 0.6 is 0 Å². The summed E-state index contributed by atoms with van der Waals surface area (Å²) < 4.78 is 0. The molecule has 0 aliphatic carbocycles. The molecule has 30 valence electrons. The molecule has 3 N–H and O–H groups in total. The van der Waals surface area contributed by atoms with Crippen molar-refractivity contribution in [2.75, 3.05) is 0 Å². The third-order valence-corrected chi connectivity index (χ3v) is 0. The molecule has 0 aromatic rings. The molecule has 0 saturated heterocycles. The van der Waals surface area contributed by atoms with Gasteiger partial charge < -0.3 is 15.1 Å². The van der Waals surface area contributed by atoms with Crippen LogP contribution in [-0.4, -0.2) is 111 Å².